The van der Waals surface area contributed by atoms with Crippen LogP contribution in [0.3, 0.4) is 0 Å². The van der Waals surface area contributed by atoms with Gasteiger partial charge in [0.1, 0.15) is 5.58 Å². The van der Waals surface area contributed by atoms with Gasteiger partial charge >= 0.3 is 0 Å². The number of fused-ring (bicyclic) bond motifs is 1. The highest BCUT2D eigenvalue weighted by Gasteiger charge is 2.36. The summed E-state index contributed by atoms with van der Waals surface area (Å²) in [5.41, 5.74) is 2.69. The molecule has 0 aliphatic carbocycles. The van der Waals surface area contributed by atoms with Gasteiger partial charge in [-0.15, -0.1) is 0 Å². The summed E-state index contributed by atoms with van der Waals surface area (Å²) in [6, 6.07) is 13.8. The molecule has 3 aromatic rings. The first-order chi connectivity index (χ1) is 14.2. The van der Waals surface area contributed by atoms with Gasteiger partial charge < -0.3 is 9.32 Å². The Morgan fingerprint density at radius 1 is 1.13 bits per heavy atom. The topological polar surface area (TPSA) is 84.7 Å². The van der Waals surface area contributed by atoms with Crippen molar-refractivity contribution in [2.45, 2.75) is 32.9 Å². The predicted molar refractivity (Wildman–Crippen MR) is 115 cm³/mol. The monoisotopic (exact) mass is 425 g/mol. The fourth-order valence-electron chi connectivity index (χ4n) is 4.02. The zero-order valence-corrected chi connectivity index (χ0v) is 17.7. The van der Waals surface area contributed by atoms with Gasteiger partial charge in [0, 0.05) is 18.7 Å². The lowest BCUT2D eigenvalue weighted by Crippen LogP contribution is -2.40. The van der Waals surface area contributed by atoms with E-state index in [9.17, 15) is 18.0 Å². The first kappa shape index (κ1) is 20.3. The largest absolute Gasteiger partial charge is 0.450 e. The summed E-state index contributed by atoms with van der Waals surface area (Å²) >= 11 is 0. The van der Waals surface area contributed by atoms with Gasteiger partial charge in [-0.2, -0.15) is 0 Å². The highest BCUT2D eigenvalue weighted by Crippen LogP contribution is 2.24. The second-order valence-corrected chi connectivity index (χ2v) is 10.1. The molecule has 30 heavy (non-hydrogen) atoms. The molecule has 0 unspecified atom stereocenters. The van der Waals surface area contributed by atoms with Crippen molar-refractivity contribution in [1.82, 2.24) is 4.90 Å². The van der Waals surface area contributed by atoms with Gasteiger partial charge in [-0.25, -0.2) is 8.42 Å². The molecule has 156 valence electrons. The molecule has 1 fully saturated rings. The molecule has 0 spiro atoms. The number of rotatable bonds is 4. The number of amides is 1. The zero-order valence-electron chi connectivity index (χ0n) is 16.9. The predicted octanol–water partition coefficient (Wildman–Crippen LogP) is 3.24. The summed E-state index contributed by atoms with van der Waals surface area (Å²) in [5.74, 6) is -0.572. The maximum absolute atomic E-state index is 13.4. The molecule has 6 nitrogen and oxygen atoms in total. The van der Waals surface area contributed by atoms with Crippen molar-refractivity contribution in [2.75, 3.05) is 11.5 Å². The molecule has 0 N–H and O–H groups in total. The Morgan fingerprint density at radius 2 is 1.87 bits per heavy atom. The summed E-state index contributed by atoms with van der Waals surface area (Å²) in [5, 5.41) is 0.433. The maximum atomic E-state index is 13.4. The summed E-state index contributed by atoms with van der Waals surface area (Å²) in [4.78, 5) is 27.6. The third-order valence-corrected chi connectivity index (χ3v) is 7.23. The van der Waals surface area contributed by atoms with E-state index in [4.69, 9.17) is 4.42 Å². The molecule has 1 aliphatic rings. The number of nitrogens with zero attached hydrogens (tertiary/aromatic N) is 1. The zero-order chi connectivity index (χ0) is 21.5. The van der Waals surface area contributed by atoms with Gasteiger partial charge in [0.25, 0.3) is 5.91 Å². The van der Waals surface area contributed by atoms with Crippen LogP contribution in [0.15, 0.2) is 57.7 Å². The fraction of sp³-hybridized carbons (Fsp3) is 0.304. The van der Waals surface area contributed by atoms with Crippen LogP contribution in [0.25, 0.3) is 11.0 Å². The van der Waals surface area contributed by atoms with Gasteiger partial charge in [-0.3, -0.25) is 9.59 Å². The minimum atomic E-state index is -3.19. The second-order valence-electron chi connectivity index (χ2n) is 7.91. The number of carbonyl (C=O) groups is 1. The van der Waals surface area contributed by atoms with Crippen LogP contribution in [0.1, 0.15) is 33.7 Å². The third-order valence-electron chi connectivity index (χ3n) is 5.48. The van der Waals surface area contributed by atoms with E-state index in [1.165, 1.54) is 11.0 Å². The van der Waals surface area contributed by atoms with Crippen LogP contribution >= 0.6 is 0 Å². The summed E-state index contributed by atoms with van der Waals surface area (Å²) < 4.78 is 30.0. The summed E-state index contributed by atoms with van der Waals surface area (Å²) in [6.07, 6.45) is 0.372. The molecule has 1 atom stereocenters. The van der Waals surface area contributed by atoms with E-state index in [2.05, 4.69) is 0 Å². The van der Waals surface area contributed by atoms with E-state index in [1.807, 2.05) is 50.2 Å². The SMILES string of the molecule is Cc1cc(C)c2oc(C(=O)N(Cc3ccccc3)[C@H]3CCS(=O)(=O)C3)cc(=O)c2c1. The molecule has 2 heterocycles. The molecule has 0 saturated carbocycles. The minimum absolute atomic E-state index is 0.0519. The van der Waals surface area contributed by atoms with Crippen LogP contribution in [-0.2, 0) is 16.4 Å². The van der Waals surface area contributed by atoms with Crippen LogP contribution in [0.4, 0.5) is 0 Å². The van der Waals surface area contributed by atoms with E-state index in [1.54, 1.807) is 6.07 Å². The van der Waals surface area contributed by atoms with Crippen molar-refractivity contribution in [3.05, 3.63) is 81.2 Å². The molecular weight excluding hydrogens is 402 g/mol. The Labute approximate surface area is 175 Å². The van der Waals surface area contributed by atoms with Gasteiger partial charge in [-0.05, 0) is 43.0 Å². The fourth-order valence-corrected chi connectivity index (χ4v) is 5.75. The highest BCUT2D eigenvalue weighted by molar-refractivity contribution is 7.91. The molecular formula is C23H23NO5S. The minimum Gasteiger partial charge on any atom is -0.450 e. The Balaban J connectivity index is 1.77. The third kappa shape index (κ3) is 4.03. The molecule has 4 rings (SSSR count). The van der Waals surface area contributed by atoms with E-state index < -0.39 is 21.8 Å². The Hall–Kier alpha value is -2.93. The number of aryl methyl sites for hydroxylation is 2. The highest BCUT2D eigenvalue weighted by atomic mass is 32.2. The second kappa shape index (κ2) is 7.72. The molecule has 7 heteroatoms. The van der Waals surface area contributed by atoms with E-state index in [-0.39, 0.29) is 29.2 Å². The standard InChI is InChI=1S/C23H23NO5S/c1-15-10-16(2)22-19(11-15)20(25)12-21(29-22)23(26)24(13-17-6-4-3-5-7-17)18-8-9-30(27,28)14-18/h3-7,10-12,18H,8-9,13-14H2,1-2H3/t18-/m0/s1. The lowest BCUT2D eigenvalue weighted by molar-refractivity contribution is 0.0648. The molecule has 1 aliphatic heterocycles. The van der Waals surface area contributed by atoms with Crippen molar-refractivity contribution >= 4 is 26.7 Å². The van der Waals surface area contributed by atoms with Crippen molar-refractivity contribution in [3.63, 3.8) is 0 Å². The number of sulfone groups is 1. The Morgan fingerprint density at radius 3 is 2.53 bits per heavy atom. The summed E-state index contributed by atoms with van der Waals surface area (Å²) in [6.45, 7) is 3.97. The van der Waals surface area contributed by atoms with Crippen LogP contribution in [0, 0.1) is 13.8 Å². The van der Waals surface area contributed by atoms with Crippen LogP contribution in [0.2, 0.25) is 0 Å². The van der Waals surface area contributed by atoms with Crippen LogP contribution in [0.5, 0.6) is 0 Å². The van der Waals surface area contributed by atoms with Gasteiger partial charge in [0.05, 0.1) is 16.9 Å². The van der Waals surface area contributed by atoms with Crippen molar-refractivity contribution in [3.8, 4) is 0 Å². The Bertz CT molecular complexity index is 1280. The molecule has 0 bridgehead atoms. The molecule has 1 aromatic heterocycles. The number of hydrogen-bond donors (Lipinski definition) is 0. The van der Waals surface area contributed by atoms with Crippen molar-refractivity contribution in [2.24, 2.45) is 0 Å². The lowest BCUT2D eigenvalue weighted by Gasteiger charge is -2.28. The normalized spacial score (nSPS) is 17.9. The molecule has 1 saturated heterocycles. The van der Waals surface area contributed by atoms with E-state index in [0.717, 1.165) is 16.7 Å². The first-order valence-electron chi connectivity index (χ1n) is 9.84. The lowest BCUT2D eigenvalue weighted by atomic mass is 10.1. The number of benzene rings is 2. The number of hydrogen-bond acceptors (Lipinski definition) is 5. The van der Waals surface area contributed by atoms with Gasteiger partial charge in [0.15, 0.2) is 21.0 Å². The van der Waals surface area contributed by atoms with Crippen molar-refractivity contribution < 1.29 is 17.6 Å². The quantitative estimate of drug-likeness (QED) is 0.641. The smallest absolute Gasteiger partial charge is 0.290 e. The van der Waals surface area contributed by atoms with E-state index in [0.29, 0.717) is 17.4 Å². The van der Waals surface area contributed by atoms with Gasteiger partial charge in [0.2, 0.25) is 0 Å². The molecule has 1 amide bonds. The first-order valence-corrected chi connectivity index (χ1v) is 11.7. The molecule has 2 aromatic carbocycles. The van der Waals surface area contributed by atoms with Crippen LogP contribution in [-0.4, -0.2) is 36.8 Å². The Kier molecular flexibility index (Phi) is 5.24. The average molecular weight is 426 g/mol. The average Bonchev–Trinajstić information content (AvgIpc) is 3.06. The number of carbonyl (C=O) groups excluding carboxylic acids is 1. The van der Waals surface area contributed by atoms with E-state index >= 15 is 0 Å². The van der Waals surface area contributed by atoms with Crippen molar-refractivity contribution in [1.29, 1.82) is 0 Å². The van der Waals surface area contributed by atoms with Crippen LogP contribution < -0.4 is 5.43 Å². The van der Waals surface area contributed by atoms with Gasteiger partial charge in [-0.1, -0.05) is 36.4 Å². The maximum Gasteiger partial charge on any atom is 0.290 e. The summed E-state index contributed by atoms with van der Waals surface area (Å²) in [7, 11) is -3.19. The molecule has 0 radical (unpaired) electrons.